The van der Waals surface area contributed by atoms with E-state index in [0.717, 1.165) is 77.1 Å². The number of H-pyrrole nitrogens is 2. The summed E-state index contributed by atoms with van der Waals surface area (Å²) >= 11 is 0. The molecule has 6 heterocycles. The Bertz CT molecular complexity index is 1890. The van der Waals surface area contributed by atoms with Crippen molar-refractivity contribution in [3.8, 4) is 0 Å². The van der Waals surface area contributed by atoms with Gasteiger partial charge in [-0.3, -0.25) is 9.78 Å². The largest absolute Gasteiger partial charge is 0.469 e. The topological polar surface area (TPSA) is 108 Å². The minimum absolute atomic E-state index is 0.0401. The summed E-state index contributed by atoms with van der Waals surface area (Å²) in [6.07, 6.45) is 4.81. The van der Waals surface area contributed by atoms with Gasteiger partial charge in [-0.2, -0.15) is 10.2 Å². The molecule has 7 rings (SSSR count). The van der Waals surface area contributed by atoms with Crippen molar-refractivity contribution in [2.24, 2.45) is 10.2 Å². The van der Waals surface area contributed by atoms with Crippen LogP contribution in [0.15, 0.2) is 28.4 Å². The molecule has 4 aliphatic rings. The zero-order valence-electron chi connectivity index (χ0n) is 26.0. The number of azo groups is 1. The van der Waals surface area contributed by atoms with Crippen molar-refractivity contribution in [1.82, 2.24) is 19.9 Å². The zero-order chi connectivity index (χ0) is 30.0. The average Bonchev–Trinajstić information content (AvgIpc) is 3.83. The molecule has 0 saturated heterocycles. The molecule has 2 N–H and O–H groups in total. The molecule has 3 aromatic heterocycles. The van der Waals surface area contributed by atoms with E-state index in [2.05, 4.69) is 73.0 Å². The third-order valence-electron chi connectivity index (χ3n) is 10.2. The lowest BCUT2D eigenvalue weighted by molar-refractivity contribution is -0.140. The fourth-order valence-electron chi connectivity index (χ4n) is 7.67. The minimum Gasteiger partial charge on any atom is -0.469 e. The van der Waals surface area contributed by atoms with Crippen molar-refractivity contribution in [3.05, 3.63) is 68.8 Å². The lowest BCUT2D eigenvalue weighted by Gasteiger charge is -2.16. The number of ether oxygens (including phenoxy) is 1. The molecule has 8 bridgehead atoms. The molecule has 222 valence electrons. The molecule has 8 heteroatoms. The Balaban J connectivity index is 1.57. The fourth-order valence-corrected chi connectivity index (χ4v) is 7.67. The molecule has 3 aliphatic heterocycles. The van der Waals surface area contributed by atoms with Gasteiger partial charge in [0, 0.05) is 62.8 Å². The van der Waals surface area contributed by atoms with E-state index in [1.165, 1.54) is 46.1 Å². The third kappa shape index (κ3) is 4.45. The molecule has 0 radical (unpaired) electrons. The van der Waals surface area contributed by atoms with Gasteiger partial charge in [0.05, 0.1) is 31.1 Å². The van der Waals surface area contributed by atoms with Crippen molar-refractivity contribution >= 4 is 39.2 Å². The molecular weight excluding hydrogens is 536 g/mol. The van der Waals surface area contributed by atoms with Gasteiger partial charge in [0.2, 0.25) is 0 Å². The third-order valence-corrected chi connectivity index (χ3v) is 10.2. The second-order valence-corrected chi connectivity index (χ2v) is 12.5. The summed E-state index contributed by atoms with van der Waals surface area (Å²) in [4.78, 5) is 30.4. The van der Waals surface area contributed by atoms with Crippen LogP contribution >= 0.6 is 0 Å². The molecule has 3 atom stereocenters. The minimum atomic E-state index is -0.179. The van der Waals surface area contributed by atoms with Gasteiger partial charge in [0.15, 0.2) is 0 Å². The SMILES string of the molecule is CCc1c(C)c2cc3[nH]c(cc4nc(c5c6nc(cc1[nH]2)C(C)=C6CC5)[C@@H](CCC(=O)OC)[C@@H]4C)c(C)c3C1CCN=N1. The number of nitrogens with one attached hydrogen (secondary N) is 2. The Morgan fingerprint density at radius 3 is 2.53 bits per heavy atom. The van der Waals surface area contributed by atoms with Crippen LogP contribution in [0.2, 0.25) is 0 Å². The number of aromatic amines is 2. The number of aryl methyl sites for hydroxylation is 3. The van der Waals surface area contributed by atoms with Crippen LogP contribution in [0.5, 0.6) is 0 Å². The summed E-state index contributed by atoms with van der Waals surface area (Å²) in [5.41, 5.74) is 17.4. The molecule has 0 aromatic carbocycles. The van der Waals surface area contributed by atoms with Crippen LogP contribution in [-0.4, -0.2) is 39.6 Å². The van der Waals surface area contributed by atoms with Gasteiger partial charge in [-0.15, -0.1) is 0 Å². The van der Waals surface area contributed by atoms with E-state index in [1.54, 1.807) is 0 Å². The highest BCUT2D eigenvalue weighted by Gasteiger charge is 2.36. The van der Waals surface area contributed by atoms with Crippen LogP contribution in [-0.2, 0) is 22.4 Å². The van der Waals surface area contributed by atoms with Crippen LogP contribution in [0.25, 0.3) is 33.2 Å². The normalized spacial score (nSPS) is 20.8. The van der Waals surface area contributed by atoms with Gasteiger partial charge in [-0.25, -0.2) is 4.98 Å². The van der Waals surface area contributed by atoms with Gasteiger partial charge in [0.1, 0.15) is 0 Å². The number of carbonyl (C=O) groups is 1. The number of esters is 1. The Hall–Kier alpha value is -4.07. The predicted octanol–water partition coefficient (Wildman–Crippen LogP) is 8.11. The summed E-state index contributed by atoms with van der Waals surface area (Å²) in [5.74, 6) is 0.0934. The van der Waals surface area contributed by atoms with Gasteiger partial charge >= 0.3 is 5.97 Å². The van der Waals surface area contributed by atoms with Crippen LogP contribution in [0, 0.1) is 13.8 Å². The van der Waals surface area contributed by atoms with Crippen LogP contribution < -0.4 is 0 Å². The van der Waals surface area contributed by atoms with Crippen molar-refractivity contribution < 1.29 is 9.53 Å². The Kier molecular flexibility index (Phi) is 6.83. The first kappa shape index (κ1) is 27.7. The lowest BCUT2D eigenvalue weighted by Crippen LogP contribution is -2.09. The maximum absolute atomic E-state index is 12.2. The Morgan fingerprint density at radius 2 is 1.79 bits per heavy atom. The standard InChI is InChI=1S/C35H40N6O2/c1-7-21-17(2)26-16-31-33(25-12-13-36-41-25)20(5)29(38-31)14-27-19(4)23(10-11-32(42)43-6)35(39-27)24-9-8-22-18(3)28(40-34(22)24)15-30(21)37-26/h14-16,19,23,25,37-38H,7-13H2,1-6H3/t19-,23-,25?/m0/s1. The van der Waals surface area contributed by atoms with E-state index >= 15 is 0 Å². The second-order valence-electron chi connectivity index (χ2n) is 12.5. The smallest absolute Gasteiger partial charge is 0.305 e. The lowest BCUT2D eigenvalue weighted by atomic mass is 9.85. The highest BCUT2D eigenvalue weighted by Crippen LogP contribution is 2.47. The summed E-state index contributed by atoms with van der Waals surface area (Å²) in [6, 6.07) is 6.75. The van der Waals surface area contributed by atoms with E-state index in [1.807, 2.05) is 0 Å². The number of aromatic nitrogens is 4. The van der Waals surface area contributed by atoms with E-state index in [-0.39, 0.29) is 23.8 Å². The molecule has 0 saturated carbocycles. The molecule has 0 spiro atoms. The molecule has 1 unspecified atom stereocenters. The van der Waals surface area contributed by atoms with Crippen LogP contribution in [0.3, 0.4) is 0 Å². The van der Waals surface area contributed by atoms with Crippen molar-refractivity contribution in [2.75, 3.05) is 13.7 Å². The summed E-state index contributed by atoms with van der Waals surface area (Å²) in [6.45, 7) is 11.8. The predicted molar refractivity (Wildman–Crippen MR) is 170 cm³/mol. The monoisotopic (exact) mass is 576 g/mol. The van der Waals surface area contributed by atoms with Crippen molar-refractivity contribution in [2.45, 2.75) is 91.0 Å². The van der Waals surface area contributed by atoms with Crippen molar-refractivity contribution in [3.63, 3.8) is 0 Å². The molecule has 43 heavy (non-hydrogen) atoms. The van der Waals surface area contributed by atoms with Crippen LogP contribution in [0.4, 0.5) is 0 Å². The first-order valence-electron chi connectivity index (χ1n) is 15.7. The molecule has 0 fully saturated rings. The summed E-state index contributed by atoms with van der Waals surface area (Å²) in [7, 11) is 1.46. The van der Waals surface area contributed by atoms with Crippen LogP contribution in [0.1, 0.15) is 115 Å². The number of hydrogen-bond acceptors (Lipinski definition) is 6. The fraction of sp³-hybridized carbons (Fsp3) is 0.457. The van der Waals surface area contributed by atoms with E-state index in [4.69, 9.17) is 14.7 Å². The van der Waals surface area contributed by atoms with Gasteiger partial charge in [-0.05, 0) is 98.9 Å². The zero-order valence-corrected chi connectivity index (χ0v) is 26.0. The second kappa shape index (κ2) is 10.6. The maximum Gasteiger partial charge on any atom is 0.305 e. The number of rotatable bonds is 5. The van der Waals surface area contributed by atoms with E-state index in [0.29, 0.717) is 12.8 Å². The molecular formula is C35H40N6O2. The van der Waals surface area contributed by atoms with Gasteiger partial charge in [0.25, 0.3) is 0 Å². The first-order chi connectivity index (χ1) is 20.8. The van der Waals surface area contributed by atoms with Gasteiger partial charge < -0.3 is 14.7 Å². The van der Waals surface area contributed by atoms with Crippen molar-refractivity contribution in [1.29, 1.82) is 0 Å². The van der Waals surface area contributed by atoms with E-state index < -0.39 is 0 Å². The molecule has 3 aromatic rings. The number of fused-ring (bicyclic) bond motifs is 8. The number of nitrogens with zero attached hydrogens (tertiary/aromatic N) is 4. The highest BCUT2D eigenvalue weighted by molar-refractivity contribution is 5.95. The quantitative estimate of drug-likeness (QED) is 0.299. The highest BCUT2D eigenvalue weighted by atomic mass is 16.5. The molecule has 1 aliphatic carbocycles. The number of allylic oxidation sites excluding steroid dienone is 2. The number of methoxy groups -OCH3 is 1. The summed E-state index contributed by atoms with van der Waals surface area (Å²) < 4.78 is 5.02. The Labute approximate surface area is 252 Å². The average molecular weight is 577 g/mol. The van der Waals surface area contributed by atoms with E-state index in [9.17, 15) is 4.79 Å². The first-order valence-corrected chi connectivity index (χ1v) is 15.7. The maximum atomic E-state index is 12.2. The number of carbonyl (C=O) groups excluding carboxylic acids is 1. The molecule has 8 nitrogen and oxygen atoms in total. The number of hydrogen-bond donors (Lipinski definition) is 2. The summed E-state index contributed by atoms with van der Waals surface area (Å²) in [5, 5.41) is 8.97. The van der Waals surface area contributed by atoms with Gasteiger partial charge in [-0.1, -0.05) is 13.8 Å². The molecule has 0 amide bonds. The Morgan fingerprint density at radius 1 is 1.00 bits per heavy atom.